The average molecular weight is 609 g/mol. The van der Waals surface area contributed by atoms with Gasteiger partial charge >= 0.3 is 5.97 Å². The summed E-state index contributed by atoms with van der Waals surface area (Å²) in [7, 11) is 0. The number of hydrogen-bond acceptors (Lipinski definition) is 3. The van der Waals surface area contributed by atoms with Gasteiger partial charge in [-0.1, -0.05) is 115 Å². The third kappa shape index (κ3) is 23.2. The van der Waals surface area contributed by atoms with Gasteiger partial charge in [0.1, 0.15) is 6.54 Å². The van der Waals surface area contributed by atoms with Crippen LogP contribution in [0, 0.1) is 0 Å². The molecular weight excluding hydrogens is 542 g/mol. The number of aryl methyl sites for hydroxylation is 3. The van der Waals surface area contributed by atoms with Crippen LogP contribution in [0.5, 0.6) is 0 Å². The Morgan fingerprint density at radius 1 is 0.614 bits per heavy atom. The molecule has 0 saturated carbocycles. The van der Waals surface area contributed by atoms with E-state index in [0.717, 1.165) is 19.5 Å². The smallest absolute Gasteiger partial charge is 0.304 e. The second-order valence-electron chi connectivity index (χ2n) is 13.0. The Balaban J connectivity index is 1.30. The van der Waals surface area contributed by atoms with E-state index in [1.807, 2.05) is 18.5 Å². The standard InChI is InChI=1S/C39H65N3O2/c43-39(44)29-32-40-30-21-17-13-9-5-4-8-12-16-20-26-38-28-24-34-42(36-38)33-22-18-14-10-6-2-1-3-7-11-15-19-25-37-27-23-31-41-35-37/h23-24,27-28,31,34-36,40H,1-22,25-26,29-30,32-33H2/p+1. The largest absolute Gasteiger partial charge is 0.481 e. The van der Waals surface area contributed by atoms with E-state index >= 15 is 0 Å². The fourth-order valence-corrected chi connectivity index (χ4v) is 6.11. The number of carboxylic acid groups (broad SMARTS) is 1. The summed E-state index contributed by atoms with van der Waals surface area (Å²) < 4.78 is 2.41. The quantitative estimate of drug-likeness (QED) is 0.0660. The Morgan fingerprint density at radius 2 is 1.11 bits per heavy atom. The number of carboxylic acids is 1. The van der Waals surface area contributed by atoms with Crippen molar-refractivity contribution in [2.45, 2.75) is 167 Å². The highest BCUT2D eigenvalue weighted by atomic mass is 16.4. The molecule has 0 unspecified atom stereocenters. The third-order valence-electron chi connectivity index (χ3n) is 8.86. The molecule has 0 saturated heterocycles. The highest BCUT2D eigenvalue weighted by Gasteiger charge is 2.04. The number of carbonyl (C=O) groups is 1. The van der Waals surface area contributed by atoms with Crippen molar-refractivity contribution in [2.75, 3.05) is 13.1 Å². The summed E-state index contributed by atoms with van der Waals surface area (Å²) in [5.74, 6) is -0.718. The van der Waals surface area contributed by atoms with Gasteiger partial charge in [0.2, 0.25) is 0 Å². The first-order valence-electron chi connectivity index (χ1n) is 18.5. The lowest BCUT2D eigenvalue weighted by molar-refractivity contribution is -0.697. The fraction of sp³-hybridized carbons (Fsp3) is 0.718. The molecular formula is C39H66N3O2+. The minimum Gasteiger partial charge on any atom is -0.481 e. The molecule has 0 amide bonds. The highest BCUT2D eigenvalue weighted by molar-refractivity contribution is 5.66. The molecule has 2 aromatic rings. The first-order chi connectivity index (χ1) is 21.7. The maximum absolute atomic E-state index is 10.5. The Hall–Kier alpha value is -2.27. The molecule has 0 aliphatic rings. The summed E-state index contributed by atoms with van der Waals surface area (Å²) >= 11 is 0. The van der Waals surface area contributed by atoms with Crippen molar-refractivity contribution in [2.24, 2.45) is 0 Å². The predicted molar refractivity (Wildman–Crippen MR) is 185 cm³/mol. The van der Waals surface area contributed by atoms with Gasteiger partial charge in [-0.15, -0.1) is 0 Å². The van der Waals surface area contributed by atoms with Crippen molar-refractivity contribution in [1.82, 2.24) is 10.3 Å². The molecule has 0 spiro atoms. The van der Waals surface area contributed by atoms with Crippen LogP contribution in [0.2, 0.25) is 0 Å². The number of aliphatic carboxylic acids is 1. The zero-order chi connectivity index (χ0) is 31.2. The molecule has 0 atom stereocenters. The summed E-state index contributed by atoms with van der Waals surface area (Å²) in [5.41, 5.74) is 2.88. The van der Waals surface area contributed by atoms with Gasteiger partial charge in [-0.3, -0.25) is 9.78 Å². The van der Waals surface area contributed by atoms with Gasteiger partial charge in [0, 0.05) is 37.0 Å². The molecule has 2 aromatic heterocycles. The van der Waals surface area contributed by atoms with Crippen LogP contribution in [-0.2, 0) is 24.2 Å². The number of rotatable bonds is 31. The van der Waals surface area contributed by atoms with Crippen LogP contribution in [0.25, 0.3) is 0 Å². The molecule has 0 radical (unpaired) electrons. The summed E-state index contributed by atoms with van der Waals surface area (Å²) in [5, 5.41) is 11.8. The second-order valence-corrected chi connectivity index (χ2v) is 13.0. The van der Waals surface area contributed by atoms with Crippen molar-refractivity contribution in [3.8, 4) is 0 Å². The first kappa shape index (κ1) is 37.9. The maximum Gasteiger partial charge on any atom is 0.304 e. The number of nitrogens with zero attached hydrogens (tertiary/aromatic N) is 2. The first-order valence-corrected chi connectivity index (χ1v) is 18.5. The number of aromatic nitrogens is 2. The van der Waals surface area contributed by atoms with E-state index in [1.165, 1.54) is 159 Å². The zero-order valence-electron chi connectivity index (χ0n) is 28.2. The molecule has 0 aromatic carbocycles. The third-order valence-corrected chi connectivity index (χ3v) is 8.86. The lowest BCUT2D eigenvalue weighted by Gasteiger charge is -2.05. The van der Waals surface area contributed by atoms with E-state index in [4.69, 9.17) is 5.11 Å². The molecule has 2 heterocycles. The minimum absolute atomic E-state index is 0.224. The highest BCUT2D eigenvalue weighted by Crippen LogP contribution is 2.14. The number of pyridine rings is 2. The molecule has 0 bridgehead atoms. The van der Waals surface area contributed by atoms with E-state index in [0.29, 0.717) is 6.54 Å². The summed E-state index contributed by atoms with van der Waals surface area (Å²) in [6.45, 7) is 2.71. The SMILES string of the molecule is O=C(O)CCNCCCCCCCCCCCCc1ccc[n+](CCCCCCCCCCCCCCc2cccnc2)c1. The van der Waals surface area contributed by atoms with Crippen LogP contribution < -0.4 is 9.88 Å². The van der Waals surface area contributed by atoms with Crippen LogP contribution >= 0.6 is 0 Å². The van der Waals surface area contributed by atoms with E-state index < -0.39 is 5.97 Å². The second kappa shape index (κ2) is 28.2. The fourth-order valence-electron chi connectivity index (χ4n) is 6.11. The molecule has 5 nitrogen and oxygen atoms in total. The van der Waals surface area contributed by atoms with Crippen molar-refractivity contribution in [1.29, 1.82) is 0 Å². The van der Waals surface area contributed by atoms with Crippen molar-refractivity contribution >= 4 is 5.97 Å². The van der Waals surface area contributed by atoms with Gasteiger partial charge < -0.3 is 10.4 Å². The lowest BCUT2D eigenvalue weighted by Crippen LogP contribution is -2.33. The van der Waals surface area contributed by atoms with Gasteiger partial charge in [-0.25, -0.2) is 4.57 Å². The van der Waals surface area contributed by atoms with Crippen molar-refractivity contribution < 1.29 is 14.5 Å². The van der Waals surface area contributed by atoms with E-state index in [-0.39, 0.29) is 6.42 Å². The van der Waals surface area contributed by atoms with Crippen LogP contribution in [0.1, 0.15) is 159 Å². The average Bonchev–Trinajstić information content (AvgIpc) is 3.03. The monoisotopic (exact) mass is 609 g/mol. The van der Waals surface area contributed by atoms with Gasteiger partial charge in [0.25, 0.3) is 0 Å². The topological polar surface area (TPSA) is 66.1 Å². The molecule has 44 heavy (non-hydrogen) atoms. The van der Waals surface area contributed by atoms with E-state index in [9.17, 15) is 4.79 Å². The summed E-state index contributed by atoms with van der Waals surface area (Å²) in [6.07, 6.45) is 40.9. The van der Waals surface area contributed by atoms with Gasteiger partial charge in [0.15, 0.2) is 12.4 Å². The predicted octanol–water partition coefficient (Wildman–Crippen LogP) is 9.80. The van der Waals surface area contributed by atoms with Gasteiger partial charge in [-0.05, 0) is 62.8 Å². The summed E-state index contributed by atoms with van der Waals surface area (Å²) in [4.78, 5) is 14.7. The van der Waals surface area contributed by atoms with Crippen LogP contribution in [0.15, 0.2) is 49.1 Å². The Labute approximate surface area is 270 Å². The number of hydrogen-bond donors (Lipinski definition) is 2. The summed E-state index contributed by atoms with van der Waals surface area (Å²) in [6, 6.07) is 8.78. The van der Waals surface area contributed by atoms with Gasteiger partial charge in [-0.2, -0.15) is 0 Å². The molecule has 0 aliphatic heterocycles. The van der Waals surface area contributed by atoms with E-state index in [1.54, 1.807) is 0 Å². The lowest BCUT2D eigenvalue weighted by atomic mass is 10.0. The molecule has 5 heteroatoms. The van der Waals surface area contributed by atoms with Crippen molar-refractivity contribution in [3.05, 3.63) is 60.2 Å². The maximum atomic E-state index is 10.5. The van der Waals surface area contributed by atoms with Crippen LogP contribution in [0.3, 0.4) is 0 Å². The Kier molecular flexibility index (Phi) is 24.3. The molecule has 0 aliphatic carbocycles. The molecule has 0 fully saturated rings. The van der Waals surface area contributed by atoms with Crippen LogP contribution in [0.4, 0.5) is 0 Å². The minimum atomic E-state index is -0.718. The van der Waals surface area contributed by atoms with Crippen LogP contribution in [-0.4, -0.2) is 29.1 Å². The zero-order valence-corrected chi connectivity index (χ0v) is 28.2. The number of unbranched alkanes of at least 4 members (excludes halogenated alkanes) is 20. The molecule has 248 valence electrons. The Morgan fingerprint density at radius 3 is 1.66 bits per heavy atom. The van der Waals surface area contributed by atoms with Gasteiger partial charge in [0.05, 0.1) is 6.42 Å². The number of nitrogens with one attached hydrogen (secondary N) is 1. The molecule has 2 N–H and O–H groups in total. The van der Waals surface area contributed by atoms with Crippen molar-refractivity contribution in [3.63, 3.8) is 0 Å². The molecule has 2 rings (SSSR count). The van der Waals surface area contributed by atoms with E-state index in [2.05, 4.69) is 45.5 Å². The normalized spacial score (nSPS) is 11.3. The Bertz CT molecular complexity index is 921.